The van der Waals surface area contributed by atoms with Crippen molar-refractivity contribution in [3.05, 3.63) is 22.2 Å². The van der Waals surface area contributed by atoms with Gasteiger partial charge >= 0.3 is 0 Å². The highest BCUT2D eigenvalue weighted by atomic mass is 79.9. The first-order chi connectivity index (χ1) is 9.89. The smallest absolute Gasteiger partial charge is 0.175 e. The van der Waals surface area contributed by atoms with Crippen LogP contribution in [0.15, 0.2) is 16.6 Å². The zero-order valence-electron chi connectivity index (χ0n) is 13.5. The van der Waals surface area contributed by atoms with Crippen molar-refractivity contribution in [1.29, 1.82) is 0 Å². The van der Waals surface area contributed by atoms with E-state index in [0.29, 0.717) is 12.6 Å². The maximum atomic E-state index is 5.94. The van der Waals surface area contributed by atoms with Gasteiger partial charge in [-0.2, -0.15) is 0 Å². The molecule has 0 amide bonds. The van der Waals surface area contributed by atoms with Gasteiger partial charge in [-0.15, -0.1) is 0 Å². The van der Waals surface area contributed by atoms with E-state index in [-0.39, 0.29) is 5.41 Å². The molecule has 0 radical (unpaired) electrons. The molecule has 3 nitrogen and oxygen atoms in total. The van der Waals surface area contributed by atoms with Crippen molar-refractivity contribution < 1.29 is 9.47 Å². The molecule has 118 valence electrons. The third-order valence-corrected chi connectivity index (χ3v) is 4.15. The van der Waals surface area contributed by atoms with Crippen LogP contribution in [0.5, 0.6) is 11.5 Å². The Kier molecular flexibility index (Phi) is 5.55. The van der Waals surface area contributed by atoms with Crippen LogP contribution in [0, 0.1) is 5.41 Å². The summed E-state index contributed by atoms with van der Waals surface area (Å²) in [7, 11) is 1.69. The van der Waals surface area contributed by atoms with Crippen LogP contribution in [0.2, 0.25) is 0 Å². The van der Waals surface area contributed by atoms with Crippen LogP contribution < -0.4 is 14.8 Å². The van der Waals surface area contributed by atoms with Gasteiger partial charge in [-0.05, 0) is 58.3 Å². The second kappa shape index (κ2) is 7.01. The van der Waals surface area contributed by atoms with Gasteiger partial charge in [-0.25, -0.2) is 0 Å². The Morgan fingerprint density at radius 2 is 2.00 bits per heavy atom. The number of nitrogens with one attached hydrogen (secondary N) is 1. The molecular formula is C17H26BrNO2. The minimum atomic E-state index is 0.272. The lowest BCUT2D eigenvalue weighted by Gasteiger charge is -2.20. The van der Waals surface area contributed by atoms with Crippen molar-refractivity contribution in [3.8, 4) is 11.5 Å². The van der Waals surface area contributed by atoms with E-state index < -0.39 is 0 Å². The lowest BCUT2D eigenvalue weighted by Crippen LogP contribution is -2.15. The van der Waals surface area contributed by atoms with Crippen molar-refractivity contribution in [3.63, 3.8) is 0 Å². The first-order valence-corrected chi connectivity index (χ1v) is 8.41. The molecule has 0 atom stereocenters. The molecular weight excluding hydrogens is 330 g/mol. The largest absolute Gasteiger partial charge is 0.493 e. The predicted octanol–water partition coefficient (Wildman–Crippen LogP) is 4.52. The van der Waals surface area contributed by atoms with Gasteiger partial charge in [-0.3, -0.25) is 0 Å². The number of hydrogen-bond donors (Lipinski definition) is 1. The van der Waals surface area contributed by atoms with Gasteiger partial charge in [0.05, 0.1) is 18.2 Å². The topological polar surface area (TPSA) is 30.5 Å². The van der Waals surface area contributed by atoms with Gasteiger partial charge in [0, 0.05) is 12.6 Å². The minimum absolute atomic E-state index is 0.272. The average molecular weight is 356 g/mol. The Labute approximate surface area is 136 Å². The van der Waals surface area contributed by atoms with E-state index in [2.05, 4.69) is 54.2 Å². The normalized spacial score (nSPS) is 15.1. The summed E-state index contributed by atoms with van der Waals surface area (Å²) in [6.07, 6.45) is 3.60. The predicted molar refractivity (Wildman–Crippen MR) is 90.1 cm³/mol. The number of benzene rings is 1. The van der Waals surface area contributed by atoms with Crippen molar-refractivity contribution in [2.24, 2.45) is 5.41 Å². The molecule has 1 aromatic carbocycles. The summed E-state index contributed by atoms with van der Waals surface area (Å²) in [5.41, 5.74) is 1.49. The molecule has 2 rings (SSSR count). The number of ether oxygens (including phenoxy) is 2. The summed E-state index contributed by atoms with van der Waals surface area (Å²) in [6.45, 7) is 8.22. The monoisotopic (exact) mass is 355 g/mol. The number of hydrogen-bond acceptors (Lipinski definition) is 3. The summed E-state index contributed by atoms with van der Waals surface area (Å²) < 4.78 is 12.4. The van der Waals surface area contributed by atoms with Crippen molar-refractivity contribution >= 4 is 15.9 Å². The molecule has 0 spiro atoms. The molecule has 4 heteroatoms. The zero-order valence-corrected chi connectivity index (χ0v) is 15.0. The summed E-state index contributed by atoms with van der Waals surface area (Å²) in [4.78, 5) is 0. The van der Waals surface area contributed by atoms with E-state index in [1.54, 1.807) is 7.11 Å². The Hall–Kier alpha value is -0.740. The van der Waals surface area contributed by atoms with Crippen molar-refractivity contribution in [2.45, 2.75) is 52.6 Å². The van der Waals surface area contributed by atoms with E-state index in [9.17, 15) is 0 Å². The summed E-state index contributed by atoms with van der Waals surface area (Å²) in [5, 5.41) is 3.52. The fourth-order valence-electron chi connectivity index (χ4n) is 2.02. The van der Waals surface area contributed by atoms with Crippen molar-refractivity contribution in [1.82, 2.24) is 5.32 Å². The maximum Gasteiger partial charge on any atom is 0.175 e. The number of halogens is 1. The van der Waals surface area contributed by atoms with Gasteiger partial charge < -0.3 is 14.8 Å². The molecule has 1 aliphatic carbocycles. The van der Waals surface area contributed by atoms with Gasteiger partial charge in [0.25, 0.3) is 0 Å². The highest BCUT2D eigenvalue weighted by molar-refractivity contribution is 9.10. The first kappa shape index (κ1) is 16.6. The van der Waals surface area contributed by atoms with Crippen molar-refractivity contribution in [2.75, 3.05) is 13.7 Å². The molecule has 1 fully saturated rings. The van der Waals surface area contributed by atoms with E-state index >= 15 is 0 Å². The molecule has 0 heterocycles. The molecule has 1 N–H and O–H groups in total. The fourth-order valence-corrected chi connectivity index (χ4v) is 2.63. The quantitative estimate of drug-likeness (QED) is 0.779. The molecule has 0 aliphatic heterocycles. The zero-order chi connectivity index (χ0) is 15.5. The SMILES string of the molecule is COc1cc(CNC2CC2)cc(Br)c1OCCC(C)(C)C. The Morgan fingerprint density at radius 3 is 2.57 bits per heavy atom. The first-order valence-electron chi connectivity index (χ1n) is 7.61. The van der Waals surface area contributed by atoms with Crippen LogP contribution in [0.1, 0.15) is 45.6 Å². The highest BCUT2D eigenvalue weighted by Crippen LogP contribution is 2.37. The average Bonchev–Trinajstić information content (AvgIpc) is 3.21. The highest BCUT2D eigenvalue weighted by Gasteiger charge is 2.21. The number of rotatable bonds is 7. The standard InChI is InChI=1S/C17H26BrNO2/c1-17(2,3)7-8-21-16-14(18)9-12(10-15(16)20-4)11-19-13-5-6-13/h9-10,13,19H,5-8,11H2,1-4H3. The minimum Gasteiger partial charge on any atom is -0.493 e. The molecule has 0 aromatic heterocycles. The van der Waals surface area contributed by atoms with Gasteiger partial charge in [0.2, 0.25) is 0 Å². The second-order valence-electron chi connectivity index (χ2n) is 6.92. The fraction of sp³-hybridized carbons (Fsp3) is 0.647. The number of methoxy groups -OCH3 is 1. The lowest BCUT2D eigenvalue weighted by molar-refractivity contribution is 0.233. The molecule has 0 unspecified atom stereocenters. The Morgan fingerprint density at radius 1 is 1.29 bits per heavy atom. The van der Waals surface area contributed by atoms with Crippen LogP contribution in [0.3, 0.4) is 0 Å². The summed E-state index contributed by atoms with van der Waals surface area (Å²) in [5.74, 6) is 1.60. The van der Waals surface area contributed by atoms with Crippen LogP contribution in [0.4, 0.5) is 0 Å². The van der Waals surface area contributed by atoms with Crippen LogP contribution in [-0.4, -0.2) is 19.8 Å². The summed E-state index contributed by atoms with van der Waals surface area (Å²) in [6, 6.07) is 4.88. The Bertz CT molecular complexity index is 478. The molecule has 0 saturated heterocycles. The molecule has 1 aromatic rings. The van der Waals surface area contributed by atoms with E-state index in [0.717, 1.165) is 28.9 Å². The van der Waals surface area contributed by atoms with Crippen LogP contribution in [0.25, 0.3) is 0 Å². The third kappa shape index (κ3) is 5.51. The molecule has 0 bridgehead atoms. The van der Waals surface area contributed by atoms with E-state index in [1.807, 2.05) is 0 Å². The third-order valence-electron chi connectivity index (χ3n) is 3.56. The summed E-state index contributed by atoms with van der Waals surface area (Å²) >= 11 is 3.61. The molecule has 21 heavy (non-hydrogen) atoms. The molecule has 1 saturated carbocycles. The van der Waals surface area contributed by atoms with Crippen LogP contribution >= 0.6 is 15.9 Å². The van der Waals surface area contributed by atoms with Gasteiger partial charge in [0.1, 0.15) is 0 Å². The molecule has 1 aliphatic rings. The van der Waals surface area contributed by atoms with E-state index in [4.69, 9.17) is 9.47 Å². The van der Waals surface area contributed by atoms with Gasteiger partial charge in [0.15, 0.2) is 11.5 Å². The maximum absolute atomic E-state index is 5.94. The van der Waals surface area contributed by atoms with Crippen LogP contribution in [-0.2, 0) is 6.54 Å². The van der Waals surface area contributed by atoms with E-state index in [1.165, 1.54) is 18.4 Å². The lowest BCUT2D eigenvalue weighted by atomic mass is 9.93. The second-order valence-corrected chi connectivity index (χ2v) is 7.78. The Balaban J connectivity index is 2.01. The van der Waals surface area contributed by atoms with Gasteiger partial charge in [-0.1, -0.05) is 20.8 Å².